The fourth-order valence-electron chi connectivity index (χ4n) is 3.38. The summed E-state index contributed by atoms with van der Waals surface area (Å²) in [6, 6.07) is 2.53. The molecule has 0 radical (unpaired) electrons. The molecule has 1 aliphatic rings. The second-order valence-corrected chi connectivity index (χ2v) is 7.00. The summed E-state index contributed by atoms with van der Waals surface area (Å²) in [5, 5.41) is 13.0. The molecule has 0 spiro atoms. The summed E-state index contributed by atoms with van der Waals surface area (Å²) in [5.41, 5.74) is -0.299. The third kappa shape index (κ3) is 5.96. The van der Waals surface area contributed by atoms with Gasteiger partial charge in [0.1, 0.15) is 5.54 Å². The standard InChI is InChI=1S/C18H35N3/c1-5-11-20-18(6-2,15-19)10-7-12-21-13-8-17(9-14-21)16(3)4/h16-17,20H,5-14H2,1-4H3. The van der Waals surface area contributed by atoms with E-state index >= 15 is 0 Å². The van der Waals surface area contributed by atoms with Crippen LogP contribution in [0.15, 0.2) is 0 Å². The molecule has 1 heterocycles. The van der Waals surface area contributed by atoms with Crippen LogP contribution in [0.2, 0.25) is 0 Å². The molecule has 122 valence electrons. The Morgan fingerprint density at radius 1 is 1.29 bits per heavy atom. The van der Waals surface area contributed by atoms with Gasteiger partial charge in [-0.2, -0.15) is 5.26 Å². The predicted molar refractivity (Wildman–Crippen MR) is 90.2 cm³/mol. The fourth-order valence-corrected chi connectivity index (χ4v) is 3.38. The Hall–Kier alpha value is -0.590. The second-order valence-electron chi connectivity index (χ2n) is 7.00. The Balaban J connectivity index is 2.30. The van der Waals surface area contributed by atoms with E-state index < -0.39 is 0 Å². The summed E-state index contributed by atoms with van der Waals surface area (Å²) in [6.45, 7) is 13.6. The van der Waals surface area contributed by atoms with Crippen LogP contribution in [0.25, 0.3) is 0 Å². The molecule has 0 amide bonds. The zero-order valence-corrected chi connectivity index (χ0v) is 14.6. The monoisotopic (exact) mass is 293 g/mol. The van der Waals surface area contributed by atoms with Crippen molar-refractivity contribution in [3.8, 4) is 6.07 Å². The molecule has 0 aromatic heterocycles. The van der Waals surface area contributed by atoms with Gasteiger partial charge in [-0.15, -0.1) is 0 Å². The summed E-state index contributed by atoms with van der Waals surface area (Å²) < 4.78 is 0. The first-order valence-electron chi connectivity index (χ1n) is 8.95. The van der Waals surface area contributed by atoms with Crippen LogP contribution in [0.4, 0.5) is 0 Å². The minimum absolute atomic E-state index is 0.299. The van der Waals surface area contributed by atoms with E-state index in [1.807, 2.05) is 0 Å². The van der Waals surface area contributed by atoms with Gasteiger partial charge in [-0.3, -0.25) is 5.32 Å². The topological polar surface area (TPSA) is 39.1 Å². The van der Waals surface area contributed by atoms with Gasteiger partial charge in [0.05, 0.1) is 6.07 Å². The van der Waals surface area contributed by atoms with Crippen LogP contribution in [-0.2, 0) is 0 Å². The Bertz CT molecular complexity index is 313. The van der Waals surface area contributed by atoms with Gasteiger partial charge >= 0.3 is 0 Å². The molecule has 0 aliphatic carbocycles. The molecule has 1 N–H and O–H groups in total. The lowest BCUT2D eigenvalue weighted by atomic mass is 9.86. The zero-order chi connectivity index (χ0) is 15.7. The molecule has 21 heavy (non-hydrogen) atoms. The average Bonchev–Trinajstić information content (AvgIpc) is 2.51. The van der Waals surface area contributed by atoms with E-state index in [4.69, 9.17) is 0 Å². The van der Waals surface area contributed by atoms with Crippen molar-refractivity contribution in [2.75, 3.05) is 26.2 Å². The van der Waals surface area contributed by atoms with Crippen LogP contribution in [0.5, 0.6) is 0 Å². The zero-order valence-electron chi connectivity index (χ0n) is 14.6. The van der Waals surface area contributed by atoms with Crippen molar-refractivity contribution < 1.29 is 0 Å². The number of hydrogen-bond acceptors (Lipinski definition) is 3. The summed E-state index contributed by atoms with van der Waals surface area (Å²) in [4.78, 5) is 2.59. The van der Waals surface area contributed by atoms with Crippen LogP contribution in [0.1, 0.15) is 66.2 Å². The van der Waals surface area contributed by atoms with Gasteiger partial charge < -0.3 is 4.90 Å². The molecule has 0 aromatic rings. The lowest BCUT2D eigenvalue weighted by Gasteiger charge is -2.34. The molecule has 0 bridgehead atoms. The number of rotatable bonds is 9. The van der Waals surface area contributed by atoms with Crippen LogP contribution in [-0.4, -0.2) is 36.6 Å². The van der Waals surface area contributed by atoms with E-state index in [1.165, 1.54) is 25.9 Å². The maximum absolute atomic E-state index is 9.51. The smallest absolute Gasteiger partial charge is 0.106 e. The van der Waals surface area contributed by atoms with Gasteiger partial charge in [0.25, 0.3) is 0 Å². The normalized spacial score (nSPS) is 20.4. The lowest BCUT2D eigenvalue weighted by molar-refractivity contribution is 0.152. The van der Waals surface area contributed by atoms with Crippen LogP contribution < -0.4 is 5.32 Å². The highest BCUT2D eigenvalue weighted by Gasteiger charge is 2.27. The highest BCUT2D eigenvalue weighted by Crippen LogP contribution is 2.25. The van der Waals surface area contributed by atoms with Crippen molar-refractivity contribution >= 4 is 0 Å². The van der Waals surface area contributed by atoms with Crippen molar-refractivity contribution in [2.24, 2.45) is 11.8 Å². The minimum atomic E-state index is -0.299. The highest BCUT2D eigenvalue weighted by atomic mass is 15.1. The largest absolute Gasteiger partial charge is 0.303 e. The molecule has 1 saturated heterocycles. The predicted octanol–water partition coefficient (Wildman–Crippen LogP) is 3.81. The first-order chi connectivity index (χ1) is 10.1. The number of hydrogen-bond donors (Lipinski definition) is 1. The number of nitriles is 1. The van der Waals surface area contributed by atoms with Crippen LogP contribution in [0, 0.1) is 23.2 Å². The van der Waals surface area contributed by atoms with Gasteiger partial charge in [-0.05, 0) is 76.5 Å². The molecule has 1 fully saturated rings. The Labute approximate surface area is 132 Å². The van der Waals surface area contributed by atoms with E-state index in [0.717, 1.165) is 50.6 Å². The average molecular weight is 293 g/mol. The summed E-state index contributed by atoms with van der Waals surface area (Å²) in [6.07, 6.45) is 6.80. The molecule has 3 nitrogen and oxygen atoms in total. The first-order valence-corrected chi connectivity index (χ1v) is 8.95. The van der Waals surface area contributed by atoms with E-state index in [2.05, 4.69) is 44.0 Å². The number of piperidine rings is 1. The molecule has 0 saturated carbocycles. The first kappa shape index (κ1) is 18.5. The maximum Gasteiger partial charge on any atom is 0.106 e. The maximum atomic E-state index is 9.51. The SMILES string of the molecule is CCCNC(C#N)(CC)CCCN1CCC(C(C)C)CC1. The number of likely N-dealkylation sites (tertiary alicyclic amines) is 1. The van der Waals surface area contributed by atoms with Gasteiger partial charge in [-0.25, -0.2) is 0 Å². The molecule has 1 aliphatic heterocycles. The van der Waals surface area contributed by atoms with E-state index in [1.54, 1.807) is 0 Å². The van der Waals surface area contributed by atoms with Crippen molar-refractivity contribution in [3.63, 3.8) is 0 Å². The van der Waals surface area contributed by atoms with Gasteiger partial charge in [0, 0.05) is 0 Å². The van der Waals surface area contributed by atoms with Gasteiger partial charge in [0.15, 0.2) is 0 Å². The van der Waals surface area contributed by atoms with Crippen molar-refractivity contribution in [1.82, 2.24) is 10.2 Å². The molecule has 3 heteroatoms. The summed E-state index contributed by atoms with van der Waals surface area (Å²) in [7, 11) is 0. The van der Waals surface area contributed by atoms with E-state index in [0.29, 0.717) is 0 Å². The van der Waals surface area contributed by atoms with Crippen LogP contribution in [0.3, 0.4) is 0 Å². The van der Waals surface area contributed by atoms with Crippen molar-refractivity contribution in [2.45, 2.75) is 71.8 Å². The Kier molecular flexibility index (Phi) is 8.29. The molecule has 0 aromatic carbocycles. The molecule has 1 rings (SSSR count). The number of nitrogens with one attached hydrogen (secondary N) is 1. The van der Waals surface area contributed by atoms with Crippen molar-refractivity contribution in [1.29, 1.82) is 5.26 Å². The third-order valence-corrected chi connectivity index (χ3v) is 5.18. The highest BCUT2D eigenvalue weighted by molar-refractivity contribution is 5.06. The summed E-state index contributed by atoms with van der Waals surface area (Å²) >= 11 is 0. The quantitative estimate of drug-likeness (QED) is 0.702. The molecule has 1 unspecified atom stereocenters. The van der Waals surface area contributed by atoms with Crippen molar-refractivity contribution in [3.05, 3.63) is 0 Å². The molecular weight excluding hydrogens is 258 g/mol. The third-order valence-electron chi connectivity index (χ3n) is 5.18. The minimum Gasteiger partial charge on any atom is -0.303 e. The Morgan fingerprint density at radius 3 is 2.43 bits per heavy atom. The number of nitrogens with zero attached hydrogens (tertiary/aromatic N) is 2. The van der Waals surface area contributed by atoms with Crippen LogP contribution >= 0.6 is 0 Å². The molecular formula is C18H35N3. The lowest BCUT2D eigenvalue weighted by Crippen LogP contribution is -2.44. The fraction of sp³-hybridized carbons (Fsp3) is 0.944. The van der Waals surface area contributed by atoms with E-state index in [-0.39, 0.29) is 5.54 Å². The molecule has 1 atom stereocenters. The second kappa shape index (κ2) is 9.43. The summed E-state index contributed by atoms with van der Waals surface area (Å²) in [5.74, 6) is 1.75. The van der Waals surface area contributed by atoms with Gasteiger partial charge in [0.2, 0.25) is 0 Å². The van der Waals surface area contributed by atoms with E-state index in [9.17, 15) is 5.26 Å². The van der Waals surface area contributed by atoms with Gasteiger partial charge in [-0.1, -0.05) is 27.7 Å². The Morgan fingerprint density at radius 2 is 1.95 bits per heavy atom.